The third-order valence-corrected chi connectivity index (χ3v) is 7.21. The van der Waals surface area contributed by atoms with Crippen LogP contribution >= 0.6 is 22.9 Å². The molecule has 1 amide bonds. The van der Waals surface area contributed by atoms with E-state index in [1.54, 1.807) is 11.3 Å². The van der Waals surface area contributed by atoms with Crippen molar-refractivity contribution in [3.8, 4) is 0 Å². The van der Waals surface area contributed by atoms with Crippen molar-refractivity contribution in [3.63, 3.8) is 0 Å². The largest absolute Gasteiger partial charge is 0.345 e. The molecule has 0 saturated carbocycles. The average Bonchev–Trinajstić information content (AvgIpc) is 3.17. The lowest BCUT2D eigenvalue weighted by Crippen LogP contribution is -2.47. The van der Waals surface area contributed by atoms with E-state index in [4.69, 9.17) is 16.6 Å². The first-order valence-electron chi connectivity index (χ1n) is 10.6. The molecule has 1 saturated heterocycles. The Morgan fingerprint density at radius 2 is 1.94 bits per heavy atom. The lowest BCUT2D eigenvalue weighted by molar-refractivity contribution is -0.127. The molecule has 31 heavy (non-hydrogen) atoms. The van der Waals surface area contributed by atoms with E-state index in [1.807, 2.05) is 48.5 Å². The van der Waals surface area contributed by atoms with Gasteiger partial charge in [0.2, 0.25) is 5.91 Å². The Kier molecular flexibility index (Phi) is 7.00. The second-order valence-corrected chi connectivity index (χ2v) is 9.63. The quantitative estimate of drug-likeness (QED) is 0.571. The van der Waals surface area contributed by atoms with Crippen molar-refractivity contribution in [2.45, 2.75) is 38.1 Å². The minimum Gasteiger partial charge on any atom is -0.345 e. The van der Waals surface area contributed by atoms with E-state index in [1.165, 1.54) is 6.92 Å². The van der Waals surface area contributed by atoms with Crippen molar-refractivity contribution in [1.29, 1.82) is 0 Å². The molecular weight excluding hydrogens is 430 g/mol. The molecule has 1 aromatic heterocycles. The summed E-state index contributed by atoms with van der Waals surface area (Å²) < 4.78 is 1.16. The molecule has 0 spiro atoms. The van der Waals surface area contributed by atoms with Gasteiger partial charge in [-0.25, -0.2) is 4.98 Å². The molecule has 4 rings (SSSR count). The van der Waals surface area contributed by atoms with Gasteiger partial charge < -0.3 is 5.32 Å². The molecule has 0 aliphatic carbocycles. The number of hydrogen-bond acceptors (Lipinski definition) is 5. The van der Waals surface area contributed by atoms with Crippen LogP contribution in [0.2, 0.25) is 5.02 Å². The standard InChI is InChI=1S/C24H26ClN3O2S/c1-16(29)20(13-17-5-3-2-4-6-17)26-23(30)15-28-11-9-18(10-12-28)24-27-21-14-19(25)7-8-22(21)31-24/h2-8,14,18,20H,9-13,15H2,1H3,(H,26,30). The van der Waals surface area contributed by atoms with Crippen LogP contribution in [-0.4, -0.2) is 47.3 Å². The number of nitrogens with one attached hydrogen (secondary N) is 1. The van der Waals surface area contributed by atoms with E-state index in [9.17, 15) is 9.59 Å². The molecule has 1 atom stereocenters. The van der Waals surface area contributed by atoms with Gasteiger partial charge in [-0.2, -0.15) is 0 Å². The third-order valence-electron chi connectivity index (χ3n) is 5.78. The fraction of sp³-hybridized carbons (Fsp3) is 0.375. The number of hydrogen-bond donors (Lipinski definition) is 1. The van der Waals surface area contributed by atoms with E-state index in [-0.39, 0.29) is 11.7 Å². The van der Waals surface area contributed by atoms with E-state index in [0.717, 1.165) is 46.7 Å². The predicted octanol–water partition coefficient (Wildman–Crippen LogP) is 4.45. The molecule has 3 aromatic rings. The third kappa shape index (κ3) is 5.70. The Bertz CT molecular complexity index is 1060. The molecule has 7 heteroatoms. The van der Waals surface area contributed by atoms with Crippen LogP contribution in [0.5, 0.6) is 0 Å². The van der Waals surface area contributed by atoms with Crippen LogP contribution in [0.1, 0.15) is 36.3 Å². The summed E-state index contributed by atoms with van der Waals surface area (Å²) in [5.74, 6) is 0.301. The summed E-state index contributed by atoms with van der Waals surface area (Å²) in [6, 6.07) is 15.1. The van der Waals surface area contributed by atoms with E-state index in [2.05, 4.69) is 10.2 Å². The topological polar surface area (TPSA) is 62.3 Å². The van der Waals surface area contributed by atoms with Gasteiger partial charge in [0.05, 0.1) is 27.8 Å². The van der Waals surface area contributed by atoms with Gasteiger partial charge >= 0.3 is 0 Å². The highest BCUT2D eigenvalue weighted by molar-refractivity contribution is 7.18. The molecule has 2 heterocycles. The van der Waals surface area contributed by atoms with E-state index >= 15 is 0 Å². The molecule has 162 valence electrons. The lowest BCUT2D eigenvalue weighted by atomic mass is 9.97. The van der Waals surface area contributed by atoms with Crippen LogP contribution < -0.4 is 5.32 Å². The van der Waals surface area contributed by atoms with Gasteiger partial charge in [-0.1, -0.05) is 41.9 Å². The zero-order chi connectivity index (χ0) is 21.8. The summed E-state index contributed by atoms with van der Waals surface area (Å²) in [5.41, 5.74) is 2.00. The second kappa shape index (κ2) is 9.90. The van der Waals surface area contributed by atoms with Crippen LogP contribution in [0.15, 0.2) is 48.5 Å². The first-order chi connectivity index (χ1) is 15.0. The molecule has 0 radical (unpaired) electrons. The number of fused-ring (bicyclic) bond motifs is 1. The zero-order valence-electron chi connectivity index (χ0n) is 17.5. The van der Waals surface area contributed by atoms with E-state index < -0.39 is 6.04 Å². The Morgan fingerprint density at radius 1 is 1.19 bits per heavy atom. The number of likely N-dealkylation sites (tertiary alicyclic amines) is 1. The van der Waals surface area contributed by atoms with Crippen molar-refractivity contribution in [2.24, 2.45) is 0 Å². The summed E-state index contributed by atoms with van der Waals surface area (Å²) in [4.78, 5) is 31.6. The number of thiazole rings is 1. The lowest BCUT2D eigenvalue weighted by Gasteiger charge is -2.30. The van der Waals surface area contributed by atoms with Crippen molar-refractivity contribution in [3.05, 3.63) is 64.1 Å². The van der Waals surface area contributed by atoms with E-state index in [0.29, 0.717) is 23.9 Å². The Morgan fingerprint density at radius 3 is 2.65 bits per heavy atom. The SMILES string of the molecule is CC(=O)C(Cc1ccccc1)NC(=O)CN1CCC(c2nc3cc(Cl)ccc3s2)CC1. The number of carbonyl (C=O) groups is 2. The number of piperidine rings is 1. The number of nitrogens with zero attached hydrogens (tertiary/aromatic N) is 2. The molecular formula is C24H26ClN3O2S. The van der Waals surface area contributed by atoms with Crippen LogP contribution in [-0.2, 0) is 16.0 Å². The number of rotatable bonds is 7. The molecule has 1 aliphatic heterocycles. The number of halogens is 1. The Balaban J connectivity index is 1.29. The molecule has 1 fully saturated rings. The molecule has 1 N–H and O–H groups in total. The fourth-order valence-electron chi connectivity index (χ4n) is 4.02. The zero-order valence-corrected chi connectivity index (χ0v) is 19.1. The first-order valence-corrected chi connectivity index (χ1v) is 11.8. The highest BCUT2D eigenvalue weighted by Crippen LogP contribution is 2.34. The van der Waals surface area contributed by atoms with Crippen molar-refractivity contribution >= 4 is 44.8 Å². The molecule has 0 bridgehead atoms. The molecule has 1 aliphatic rings. The predicted molar refractivity (Wildman–Crippen MR) is 126 cm³/mol. The highest BCUT2D eigenvalue weighted by Gasteiger charge is 2.25. The maximum absolute atomic E-state index is 12.6. The number of carbonyl (C=O) groups excluding carboxylic acids is 2. The van der Waals surface area contributed by atoms with Crippen LogP contribution in [0, 0.1) is 0 Å². The minimum atomic E-state index is -0.484. The average molecular weight is 456 g/mol. The Hall–Kier alpha value is -2.28. The summed E-state index contributed by atoms with van der Waals surface area (Å²) in [6.45, 7) is 3.54. The van der Waals surface area contributed by atoms with Gasteiger partial charge in [-0.15, -0.1) is 11.3 Å². The van der Waals surface area contributed by atoms with Gasteiger partial charge in [0, 0.05) is 10.9 Å². The monoisotopic (exact) mass is 455 g/mol. The number of ketones is 1. The summed E-state index contributed by atoms with van der Waals surface area (Å²) in [5, 5.41) is 4.79. The highest BCUT2D eigenvalue weighted by atomic mass is 35.5. The minimum absolute atomic E-state index is 0.0214. The number of amides is 1. The number of aromatic nitrogens is 1. The van der Waals surface area contributed by atoms with Gasteiger partial charge in [0.15, 0.2) is 5.78 Å². The van der Waals surface area contributed by atoms with Gasteiger partial charge in [0.1, 0.15) is 0 Å². The summed E-state index contributed by atoms with van der Waals surface area (Å²) in [7, 11) is 0. The van der Waals surface area contributed by atoms with Crippen molar-refractivity contribution in [1.82, 2.24) is 15.2 Å². The van der Waals surface area contributed by atoms with Gasteiger partial charge in [-0.3, -0.25) is 14.5 Å². The number of Topliss-reactive ketones (excluding diaryl/α,β-unsaturated/α-hetero) is 1. The van der Waals surface area contributed by atoms with Crippen molar-refractivity contribution in [2.75, 3.05) is 19.6 Å². The second-order valence-electron chi connectivity index (χ2n) is 8.14. The molecule has 1 unspecified atom stereocenters. The smallest absolute Gasteiger partial charge is 0.234 e. The van der Waals surface area contributed by atoms with Gasteiger partial charge in [0.25, 0.3) is 0 Å². The van der Waals surface area contributed by atoms with Crippen LogP contribution in [0.3, 0.4) is 0 Å². The maximum atomic E-state index is 12.6. The normalized spacial score (nSPS) is 16.3. The van der Waals surface area contributed by atoms with Gasteiger partial charge in [-0.05, 0) is 63.0 Å². The summed E-state index contributed by atoms with van der Waals surface area (Å²) in [6.07, 6.45) is 2.47. The fourth-order valence-corrected chi connectivity index (χ4v) is 5.30. The van der Waals surface area contributed by atoms with Crippen molar-refractivity contribution < 1.29 is 9.59 Å². The van der Waals surface area contributed by atoms with Crippen LogP contribution in [0.4, 0.5) is 0 Å². The summed E-state index contributed by atoms with van der Waals surface area (Å²) >= 11 is 7.82. The molecule has 5 nitrogen and oxygen atoms in total. The van der Waals surface area contributed by atoms with Crippen LogP contribution in [0.25, 0.3) is 10.2 Å². The maximum Gasteiger partial charge on any atom is 0.234 e. The number of benzene rings is 2. The first kappa shape index (κ1) is 21.9. The Labute approximate surface area is 191 Å². The molecule has 2 aromatic carbocycles.